The van der Waals surface area contributed by atoms with Gasteiger partial charge >= 0.3 is 0 Å². The third-order valence-corrected chi connectivity index (χ3v) is 1.09. The Morgan fingerprint density at radius 3 is 2.50 bits per heavy atom. The third-order valence-electron chi connectivity index (χ3n) is 1.09. The smallest absolute Gasteiger partial charge is 0.0471 e. The van der Waals surface area contributed by atoms with Gasteiger partial charge in [0.1, 0.15) is 0 Å². The lowest BCUT2D eigenvalue weighted by molar-refractivity contribution is 0.300. The zero-order valence-electron chi connectivity index (χ0n) is 6.43. The fraction of sp³-hybridized carbons (Fsp3) is 0.333. The minimum Gasteiger partial charge on any atom is -0.396 e. The summed E-state index contributed by atoms with van der Waals surface area (Å²) in [7, 11) is 0. The van der Waals surface area contributed by atoms with Crippen LogP contribution in [0.5, 0.6) is 0 Å². The molecule has 0 radical (unpaired) electrons. The number of aliphatic hydroxyl groups is 1. The van der Waals surface area contributed by atoms with E-state index in [2.05, 4.69) is 13.2 Å². The van der Waals surface area contributed by atoms with Crippen molar-refractivity contribution in [2.45, 2.75) is 13.3 Å². The van der Waals surface area contributed by atoms with Gasteiger partial charge in [0, 0.05) is 6.61 Å². The third kappa shape index (κ3) is 4.10. The summed E-state index contributed by atoms with van der Waals surface area (Å²) < 4.78 is 0. The fourth-order valence-electron chi connectivity index (χ4n) is 0.679. The summed E-state index contributed by atoms with van der Waals surface area (Å²) in [6.07, 6.45) is 4.32. The molecule has 0 atom stereocenters. The summed E-state index contributed by atoms with van der Waals surface area (Å²) in [4.78, 5) is 0. The molecule has 0 aromatic carbocycles. The minimum atomic E-state index is 0.172. The molecule has 0 aliphatic carbocycles. The topological polar surface area (TPSA) is 20.2 Å². The van der Waals surface area contributed by atoms with Crippen molar-refractivity contribution in [3.8, 4) is 0 Å². The molecule has 10 heavy (non-hydrogen) atoms. The van der Waals surface area contributed by atoms with Crippen molar-refractivity contribution in [3.63, 3.8) is 0 Å². The maximum absolute atomic E-state index is 8.56. The van der Waals surface area contributed by atoms with E-state index in [9.17, 15) is 0 Å². The van der Waals surface area contributed by atoms with Crippen LogP contribution in [-0.2, 0) is 0 Å². The molecule has 0 aromatic rings. The van der Waals surface area contributed by atoms with E-state index in [1.165, 1.54) is 0 Å². The predicted molar refractivity (Wildman–Crippen MR) is 44.8 cm³/mol. The quantitative estimate of drug-likeness (QED) is 0.589. The summed E-state index contributed by atoms with van der Waals surface area (Å²) in [6, 6.07) is 0. The van der Waals surface area contributed by atoms with Crippen LogP contribution in [0, 0.1) is 0 Å². The van der Waals surface area contributed by atoms with E-state index in [4.69, 9.17) is 5.11 Å². The molecule has 0 aliphatic heterocycles. The summed E-state index contributed by atoms with van der Waals surface area (Å²) in [5, 5.41) is 8.56. The number of rotatable bonds is 4. The Bertz CT molecular complexity index is 154. The summed E-state index contributed by atoms with van der Waals surface area (Å²) >= 11 is 0. The number of hydrogen-bond donors (Lipinski definition) is 1. The Balaban J connectivity index is 4.03. The highest BCUT2D eigenvalue weighted by Gasteiger charge is 1.88. The predicted octanol–water partition coefficient (Wildman–Crippen LogP) is 2.06. The van der Waals surface area contributed by atoms with E-state index in [-0.39, 0.29) is 6.61 Å². The van der Waals surface area contributed by atoms with Crippen LogP contribution in [0.15, 0.2) is 36.5 Å². The fourth-order valence-corrected chi connectivity index (χ4v) is 0.679. The maximum atomic E-state index is 8.56. The molecule has 56 valence electrons. The van der Waals surface area contributed by atoms with Gasteiger partial charge in [0.05, 0.1) is 0 Å². The van der Waals surface area contributed by atoms with Crippen LogP contribution in [0.1, 0.15) is 13.3 Å². The summed E-state index contributed by atoms with van der Waals surface area (Å²) in [5.41, 5.74) is 2.03. The molecule has 1 nitrogen and oxygen atoms in total. The van der Waals surface area contributed by atoms with Crippen LogP contribution in [0.25, 0.3) is 0 Å². The van der Waals surface area contributed by atoms with E-state index in [0.29, 0.717) is 6.42 Å². The first-order chi connectivity index (χ1) is 4.70. The lowest BCUT2D eigenvalue weighted by atomic mass is 10.1. The average molecular weight is 138 g/mol. The van der Waals surface area contributed by atoms with E-state index in [0.717, 1.165) is 11.1 Å². The maximum Gasteiger partial charge on any atom is 0.0471 e. The second kappa shape index (κ2) is 5.00. The molecular weight excluding hydrogens is 124 g/mol. The normalized spacial score (nSPS) is 11.2. The molecule has 0 unspecified atom stereocenters. The van der Waals surface area contributed by atoms with Crippen LogP contribution in [0.4, 0.5) is 0 Å². The van der Waals surface area contributed by atoms with Gasteiger partial charge in [-0.25, -0.2) is 0 Å². The summed E-state index contributed by atoms with van der Waals surface area (Å²) in [6.45, 7) is 9.42. The molecule has 0 amide bonds. The van der Waals surface area contributed by atoms with Crippen molar-refractivity contribution in [2.24, 2.45) is 0 Å². The molecule has 0 bridgehead atoms. The van der Waals surface area contributed by atoms with Gasteiger partial charge < -0.3 is 5.11 Å². The second-order valence-corrected chi connectivity index (χ2v) is 2.24. The molecule has 0 saturated heterocycles. The summed E-state index contributed by atoms with van der Waals surface area (Å²) in [5.74, 6) is 0. The second-order valence-electron chi connectivity index (χ2n) is 2.24. The molecule has 0 aromatic heterocycles. The Morgan fingerprint density at radius 2 is 2.20 bits per heavy atom. The number of hydrogen-bond acceptors (Lipinski definition) is 1. The number of allylic oxidation sites excluding steroid dienone is 3. The Hall–Kier alpha value is -0.820. The molecule has 0 spiro atoms. The van der Waals surface area contributed by atoms with Crippen LogP contribution in [0.2, 0.25) is 0 Å². The first-order valence-electron chi connectivity index (χ1n) is 3.30. The minimum absolute atomic E-state index is 0.172. The molecular formula is C9H14O. The van der Waals surface area contributed by atoms with Gasteiger partial charge in [0.25, 0.3) is 0 Å². The average Bonchev–Trinajstić information content (AvgIpc) is 1.86. The van der Waals surface area contributed by atoms with Crippen LogP contribution in [0.3, 0.4) is 0 Å². The Labute approximate surface area is 62.4 Å². The number of aliphatic hydroxyl groups excluding tert-OH is 1. The molecule has 1 heteroatoms. The standard InChI is InChI=1S/C9H14O/c1-4-9(5-6-10)7-8(2)3/h4,7,10H,1-2,5-6H2,3H3/b9-7+. The van der Waals surface area contributed by atoms with E-state index in [1.54, 1.807) is 6.08 Å². The SMILES string of the molecule is C=C/C(=C\C(=C)C)CCO. The van der Waals surface area contributed by atoms with Gasteiger partial charge in [-0.3, -0.25) is 0 Å². The van der Waals surface area contributed by atoms with Gasteiger partial charge in [-0.05, 0) is 18.9 Å². The van der Waals surface area contributed by atoms with Crippen molar-refractivity contribution in [1.29, 1.82) is 0 Å². The molecule has 0 rings (SSSR count). The Kier molecular flexibility index (Phi) is 4.59. The molecule has 0 heterocycles. The van der Waals surface area contributed by atoms with Crippen LogP contribution in [-0.4, -0.2) is 11.7 Å². The van der Waals surface area contributed by atoms with Crippen molar-refractivity contribution in [3.05, 3.63) is 36.5 Å². The van der Waals surface area contributed by atoms with Gasteiger partial charge in [-0.1, -0.05) is 30.9 Å². The van der Waals surface area contributed by atoms with Gasteiger partial charge in [-0.2, -0.15) is 0 Å². The van der Waals surface area contributed by atoms with E-state index < -0.39 is 0 Å². The molecule has 0 fully saturated rings. The highest BCUT2D eigenvalue weighted by atomic mass is 16.2. The first-order valence-corrected chi connectivity index (χ1v) is 3.30. The van der Waals surface area contributed by atoms with Gasteiger partial charge in [0.15, 0.2) is 0 Å². The molecule has 1 N–H and O–H groups in total. The Morgan fingerprint density at radius 1 is 1.60 bits per heavy atom. The van der Waals surface area contributed by atoms with Crippen LogP contribution < -0.4 is 0 Å². The van der Waals surface area contributed by atoms with Gasteiger partial charge in [-0.15, -0.1) is 0 Å². The zero-order chi connectivity index (χ0) is 7.98. The molecule has 0 saturated carbocycles. The van der Waals surface area contributed by atoms with Crippen molar-refractivity contribution in [1.82, 2.24) is 0 Å². The largest absolute Gasteiger partial charge is 0.396 e. The lowest BCUT2D eigenvalue weighted by Crippen LogP contribution is -1.84. The van der Waals surface area contributed by atoms with Crippen LogP contribution >= 0.6 is 0 Å². The van der Waals surface area contributed by atoms with E-state index in [1.807, 2.05) is 13.0 Å². The first kappa shape index (κ1) is 9.18. The highest BCUT2D eigenvalue weighted by Crippen LogP contribution is 2.04. The monoisotopic (exact) mass is 138 g/mol. The highest BCUT2D eigenvalue weighted by molar-refractivity contribution is 5.25. The molecule has 0 aliphatic rings. The van der Waals surface area contributed by atoms with Crippen molar-refractivity contribution >= 4 is 0 Å². The zero-order valence-corrected chi connectivity index (χ0v) is 6.43. The van der Waals surface area contributed by atoms with Crippen molar-refractivity contribution in [2.75, 3.05) is 6.61 Å². The van der Waals surface area contributed by atoms with Crippen molar-refractivity contribution < 1.29 is 5.11 Å². The van der Waals surface area contributed by atoms with Gasteiger partial charge in [0.2, 0.25) is 0 Å². The lowest BCUT2D eigenvalue weighted by Gasteiger charge is -1.96. The van der Waals surface area contributed by atoms with E-state index >= 15 is 0 Å².